The summed E-state index contributed by atoms with van der Waals surface area (Å²) in [6.07, 6.45) is 0. The smallest absolute Gasteiger partial charge is 0.470 e. The molecule has 0 aliphatic heterocycles. The molecule has 1 radical (unpaired) electrons. The van der Waals surface area contributed by atoms with E-state index < -0.39 is 27.0 Å². The molecular weight excluding hydrogens is 328 g/mol. The van der Waals surface area contributed by atoms with Crippen LogP contribution < -0.4 is 0 Å². The van der Waals surface area contributed by atoms with Gasteiger partial charge in [-0.05, 0) is 12.1 Å². The van der Waals surface area contributed by atoms with Gasteiger partial charge in [0.05, 0.1) is 0 Å². The molecular formula is C8H6AgN2O6. The molecule has 1 aromatic carbocycles. The Morgan fingerprint density at radius 3 is 1.82 bits per heavy atom. The van der Waals surface area contributed by atoms with Crippen molar-refractivity contribution in [3.63, 3.8) is 0 Å². The summed E-state index contributed by atoms with van der Waals surface area (Å²) in [7, 11) is 0. The van der Waals surface area contributed by atoms with Crippen molar-refractivity contribution in [2.75, 3.05) is 0 Å². The van der Waals surface area contributed by atoms with Gasteiger partial charge < -0.3 is 5.11 Å². The third kappa shape index (κ3) is 2.33. The van der Waals surface area contributed by atoms with Crippen LogP contribution in [0.15, 0.2) is 30.3 Å². The molecule has 8 nitrogen and oxygen atoms in total. The van der Waals surface area contributed by atoms with Crippen molar-refractivity contribution < 1.29 is 42.1 Å². The maximum absolute atomic E-state index is 10.8. The average molecular weight is 334 g/mol. The summed E-state index contributed by atoms with van der Waals surface area (Å²) < 4.78 is 0. The van der Waals surface area contributed by atoms with E-state index >= 15 is 0 Å². The van der Waals surface area contributed by atoms with Crippen LogP contribution in [-0.4, -0.2) is 20.9 Å². The Bertz CT molecular complexity index is 413. The second-order valence-corrected chi connectivity index (χ2v) is 2.86. The molecule has 1 aromatic rings. The fourth-order valence-electron chi connectivity index (χ4n) is 1.23. The number of benzene rings is 1. The molecule has 0 spiro atoms. The first kappa shape index (κ1) is 15.2. The van der Waals surface area contributed by atoms with Crippen LogP contribution in [0, 0.1) is 20.2 Å². The molecule has 0 atom stereocenters. The minimum Gasteiger partial charge on any atom is -0.470 e. The molecule has 0 bridgehead atoms. The predicted molar refractivity (Wildman–Crippen MR) is 49.7 cm³/mol. The van der Waals surface area contributed by atoms with E-state index in [2.05, 4.69) is 0 Å². The summed E-state index contributed by atoms with van der Waals surface area (Å²) in [6, 6.07) is 6.11. The summed E-state index contributed by atoms with van der Waals surface area (Å²) in [5.41, 5.74) is -3.85. The fourth-order valence-corrected chi connectivity index (χ4v) is 1.23. The van der Waals surface area contributed by atoms with Gasteiger partial charge in [0, 0.05) is 22.4 Å². The maximum atomic E-state index is 10.8. The van der Waals surface area contributed by atoms with Crippen LogP contribution in [0.3, 0.4) is 0 Å². The maximum Gasteiger partial charge on any atom is 0.578 e. The molecule has 95 valence electrons. The van der Waals surface area contributed by atoms with E-state index in [0.29, 0.717) is 0 Å². The minimum absolute atomic E-state index is 0. The van der Waals surface area contributed by atoms with Crippen LogP contribution >= 0.6 is 0 Å². The van der Waals surface area contributed by atoms with Gasteiger partial charge in [0.25, 0.3) is 0 Å². The average Bonchev–Trinajstić information content (AvgIpc) is 2.18. The molecule has 17 heavy (non-hydrogen) atoms. The first-order chi connectivity index (χ1) is 7.44. The van der Waals surface area contributed by atoms with Crippen LogP contribution in [0.25, 0.3) is 0 Å². The van der Waals surface area contributed by atoms with Gasteiger partial charge in [-0.15, -0.1) is 0 Å². The SMILES string of the molecule is O=C(O)C(c1ccccc1)([N+](=O)[O-])[N+](=O)[O-].[Ag]. The second kappa shape index (κ2) is 5.53. The third-order valence-electron chi connectivity index (χ3n) is 2.00. The second-order valence-electron chi connectivity index (χ2n) is 2.86. The van der Waals surface area contributed by atoms with Crippen LogP contribution in [0.1, 0.15) is 5.56 Å². The molecule has 0 fully saturated rings. The zero-order valence-corrected chi connectivity index (χ0v) is 9.55. The van der Waals surface area contributed by atoms with E-state index in [1.807, 2.05) is 0 Å². The summed E-state index contributed by atoms with van der Waals surface area (Å²) in [5.74, 6) is -2.13. The van der Waals surface area contributed by atoms with Gasteiger partial charge >= 0.3 is 11.6 Å². The van der Waals surface area contributed by atoms with Gasteiger partial charge in [0.15, 0.2) is 0 Å². The van der Waals surface area contributed by atoms with Crippen molar-refractivity contribution >= 4 is 5.97 Å². The number of nitro groups is 2. The number of aliphatic carboxylic acids is 1. The quantitative estimate of drug-likeness (QED) is 0.370. The molecule has 0 unspecified atom stereocenters. The summed E-state index contributed by atoms with van der Waals surface area (Å²) in [5, 5.41) is 30.1. The Labute approximate surface area is 110 Å². The van der Waals surface area contributed by atoms with Crippen LogP contribution in [0.4, 0.5) is 0 Å². The van der Waals surface area contributed by atoms with Crippen LogP contribution in [0.2, 0.25) is 0 Å². The topological polar surface area (TPSA) is 124 Å². The first-order valence-corrected chi connectivity index (χ1v) is 4.02. The van der Waals surface area contributed by atoms with Crippen molar-refractivity contribution in [1.29, 1.82) is 0 Å². The van der Waals surface area contributed by atoms with Crippen LogP contribution in [-0.2, 0) is 32.8 Å². The van der Waals surface area contributed by atoms with Gasteiger partial charge in [-0.25, -0.2) is 4.79 Å². The molecule has 1 N–H and O–H groups in total. The normalized spacial score (nSPS) is 10.1. The minimum atomic E-state index is -3.35. The van der Waals surface area contributed by atoms with E-state index in [0.717, 1.165) is 12.1 Å². The third-order valence-corrected chi connectivity index (χ3v) is 2.00. The first-order valence-electron chi connectivity index (χ1n) is 4.02. The van der Waals surface area contributed by atoms with E-state index in [4.69, 9.17) is 5.11 Å². The number of rotatable bonds is 4. The number of carbonyl (C=O) groups is 1. The van der Waals surface area contributed by atoms with Crippen molar-refractivity contribution in [1.82, 2.24) is 0 Å². The van der Waals surface area contributed by atoms with Crippen molar-refractivity contribution in [3.05, 3.63) is 56.1 Å². The van der Waals surface area contributed by atoms with E-state index in [9.17, 15) is 25.0 Å². The molecule has 1 rings (SSSR count). The van der Waals surface area contributed by atoms with Crippen LogP contribution in [0.5, 0.6) is 0 Å². The molecule has 0 aromatic heterocycles. The summed E-state index contributed by atoms with van der Waals surface area (Å²) >= 11 is 0. The number of hydrogen-bond acceptors (Lipinski definition) is 5. The summed E-state index contributed by atoms with van der Waals surface area (Å²) in [6.45, 7) is 0. The van der Waals surface area contributed by atoms with Crippen molar-refractivity contribution in [3.8, 4) is 0 Å². The number of hydrogen-bond donors (Lipinski definition) is 1. The van der Waals surface area contributed by atoms with Gasteiger partial charge in [-0.2, -0.15) is 0 Å². The zero-order chi connectivity index (χ0) is 12.3. The van der Waals surface area contributed by atoms with Crippen molar-refractivity contribution in [2.45, 2.75) is 5.66 Å². The van der Waals surface area contributed by atoms with E-state index in [-0.39, 0.29) is 22.4 Å². The van der Waals surface area contributed by atoms with Gasteiger partial charge in [0.1, 0.15) is 15.4 Å². The summed E-state index contributed by atoms with van der Waals surface area (Å²) in [4.78, 5) is 29.3. The predicted octanol–water partition coefficient (Wildman–Crippen LogP) is 0.475. The van der Waals surface area contributed by atoms with Gasteiger partial charge in [-0.1, -0.05) is 18.2 Å². The van der Waals surface area contributed by atoms with E-state index in [1.54, 1.807) is 0 Å². The Morgan fingerprint density at radius 2 is 1.53 bits per heavy atom. The number of nitrogens with zero attached hydrogens (tertiary/aromatic N) is 2. The van der Waals surface area contributed by atoms with Gasteiger partial charge in [-0.3, -0.25) is 20.2 Å². The molecule has 0 heterocycles. The Hall–Kier alpha value is -1.77. The molecule has 9 heteroatoms. The van der Waals surface area contributed by atoms with Crippen molar-refractivity contribution in [2.24, 2.45) is 0 Å². The zero-order valence-electron chi connectivity index (χ0n) is 8.07. The molecule has 0 aliphatic carbocycles. The Balaban J connectivity index is 0.00000256. The molecule has 0 aliphatic rings. The van der Waals surface area contributed by atoms with Gasteiger partial charge in [0.2, 0.25) is 0 Å². The van der Waals surface area contributed by atoms with E-state index in [1.165, 1.54) is 18.2 Å². The molecule has 0 saturated heterocycles. The Kier molecular flexibility index (Phi) is 4.95. The number of carboxylic acid groups (broad SMARTS) is 1. The largest absolute Gasteiger partial charge is 0.578 e. The monoisotopic (exact) mass is 333 g/mol. The Morgan fingerprint density at radius 1 is 1.12 bits per heavy atom. The molecule has 0 amide bonds. The molecule has 0 saturated carbocycles. The standard InChI is InChI=1S/C8H6N2O6.Ag/c11-7(12)8(9(13)14,10(15)16)6-4-2-1-3-5-6;/h1-5H,(H,11,12);. The fraction of sp³-hybridized carbons (Fsp3) is 0.125. The number of carboxylic acids is 1.